The van der Waals surface area contributed by atoms with Gasteiger partial charge in [0.2, 0.25) is 5.91 Å². The molecule has 0 bridgehead atoms. The van der Waals surface area contributed by atoms with Gasteiger partial charge in [0.05, 0.1) is 6.54 Å². The fraction of sp³-hybridized carbons (Fsp3) is 0.533. The van der Waals surface area contributed by atoms with Gasteiger partial charge in [-0.2, -0.15) is 0 Å². The Kier molecular flexibility index (Phi) is 5.23. The molecular formula is C15H21ClN2O. The molecule has 19 heavy (non-hydrogen) atoms. The molecule has 4 heteroatoms. The average Bonchev–Trinajstić information content (AvgIpc) is 2.76. The number of hydrogen-bond acceptors (Lipinski definition) is 2. The van der Waals surface area contributed by atoms with Gasteiger partial charge in [0.1, 0.15) is 6.17 Å². The summed E-state index contributed by atoms with van der Waals surface area (Å²) in [4.78, 5) is 13.9. The van der Waals surface area contributed by atoms with E-state index in [1.165, 1.54) is 19.3 Å². The van der Waals surface area contributed by atoms with Crippen LogP contribution in [0.15, 0.2) is 24.3 Å². The van der Waals surface area contributed by atoms with Crippen molar-refractivity contribution in [3.05, 3.63) is 34.9 Å². The van der Waals surface area contributed by atoms with Gasteiger partial charge in [0, 0.05) is 11.6 Å². The highest BCUT2D eigenvalue weighted by Gasteiger charge is 2.30. The van der Waals surface area contributed by atoms with Crippen LogP contribution in [0.25, 0.3) is 0 Å². The van der Waals surface area contributed by atoms with E-state index in [4.69, 9.17) is 11.6 Å². The lowest BCUT2D eigenvalue weighted by molar-refractivity contribution is -0.128. The van der Waals surface area contributed by atoms with Gasteiger partial charge in [0.15, 0.2) is 0 Å². The van der Waals surface area contributed by atoms with Crippen molar-refractivity contribution in [2.75, 3.05) is 13.1 Å². The number of benzene rings is 1. The first-order valence-electron chi connectivity index (χ1n) is 7.00. The minimum atomic E-state index is -0.0205. The van der Waals surface area contributed by atoms with Crippen LogP contribution in [0.1, 0.15) is 44.3 Å². The highest BCUT2D eigenvalue weighted by atomic mass is 35.5. The molecular weight excluding hydrogens is 260 g/mol. The van der Waals surface area contributed by atoms with Gasteiger partial charge >= 0.3 is 0 Å². The predicted molar refractivity (Wildman–Crippen MR) is 78.1 cm³/mol. The van der Waals surface area contributed by atoms with Crippen LogP contribution in [0.3, 0.4) is 0 Å². The fourth-order valence-electron chi connectivity index (χ4n) is 2.48. The highest BCUT2D eigenvalue weighted by Crippen LogP contribution is 2.25. The Labute approximate surface area is 119 Å². The average molecular weight is 281 g/mol. The Balaban J connectivity index is 2.00. The zero-order chi connectivity index (χ0) is 13.7. The molecule has 1 saturated heterocycles. The molecule has 1 aliphatic heterocycles. The van der Waals surface area contributed by atoms with Gasteiger partial charge in [-0.1, -0.05) is 49.9 Å². The molecule has 1 fully saturated rings. The molecule has 1 N–H and O–H groups in total. The Morgan fingerprint density at radius 1 is 1.37 bits per heavy atom. The number of amides is 1. The summed E-state index contributed by atoms with van der Waals surface area (Å²) >= 11 is 6.02. The molecule has 1 heterocycles. The minimum Gasteiger partial charge on any atom is -0.322 e. The van der Waals surface area contributed by atoms with Gasteiger partial charge in [-0.3, -0.25) is 10.1 Å². The van der Waals surface area contributed by atoms with Crippen molar-refractivity contribution in [2.45, 2.75) is 38.8 Å². The largest absolute Gasteiger partial charge is 0.322 e. The molecule has 0 aliphatic carbocycles. The fourth-order valence-corrected chi connectivity index (χ4v) is 2.68. The van der Waals surface area contributed by atoms with E-state index in [1.807, 2.05) is 29.2 Å². The number of carbonyl (C=O) groups is 1. The summed E-state index contributed by atoms with van der Waals surface area (Å²) < 4.78 is 0. The predicted octanol–water partition coefficient (Wildman–Crippen LogP) is 3.35. The standard InChI is InChI=1S/C15H21ClN2O/c1-2-3-4-5-9-18-14(19)11-17-15(18)12-7-6-8-13(16)10-12/h6-8,10,15,17H,2-5,9,11H2,1H3. The number of nitrogens with one attached hydrogen (secondary N) is 1. The van der Waals surface area contributed by atoms with Crippen LogP contribution in [0.4, 0.5) is 0 Å². The SMILES string of the molecule is CCCCCCN1C(=O)CNC1c1cccc(Cl)c1. The Morgan fingerprint density at radius 2 is 2.21 bits per heavy atom. The molecule has 3 nitrogen and oxygen atoms in total. The third kappa shape index (κ3) is 3.71. The van der Waals surface area contributed by atoms with E-state index in [1.54, 1.807) is 0 Å². The van der Waals surface area contributed by atoms with Crippen molar-refractivity contribution in [2.24, 2.45) is 0 Å². The normalized spacial score (nSPS) is 19.2. The van der Waals surface area contributed by atoms with Crippen LogP contribution in [-0.4, -0.2) is 23.9 Å². The maximum Gasteiger partial charge on any atom is 0.238 e. The second-order valence-corrected chi connectivity index (χ2v) is 5.42. The molecule has 0 spiro atoms. The quantitative estimate of drug-likeness (QED) is 0.811. The van der Waals surface area contributed by atoms with Crippen LogP contribution in [0, 0.1) is 0 Å². The minimum absolute atomic E-state index is 0.0205. The van der Waals surface area contributed by atoms with Crippen molar-refractivity contribution >= 4 is 17.5 Å². The van der Waals surface area contributed by atoms with Crippen molar-refractivity contribution in [1.82, 2.24) is 10.2 Å². The molecule has 104 valence electrons. The summed E-state index contributed by atoms with van der Waals surface area (Å²) in [6.07, 6.45) is 4.68. The van der Waals surface area contributed by atoms with E-state index in [9.17, 15) is 4.79 Å². The van der Waals surface area contributed by atoms with E-state index in [0.717, 1.165) is 18.5 Å². The first kappa shape index (κ1) is 14.4. The summed E-state index contributed by atoms with van der Waals surface area (Å²) in [6.45, 7) is 3.44. The lowest BCUT2D eigenvalue weighted by Crippen LogP contribution is -2.31. The number of halogens is 1. The molecule has 1 unspecified atom stereocenters. The highest BCUT2D eigenvalue weighted by molar-refractivity contribution is 6.30. The first-order valence-corrected chi connectivity index (χ1v) is 7.38. The summed E-state index contributed by atoms with van der Waals surface area (Å²) in [6, 6.07) is 7.73. The Hall–Kier alpha value is -1.06. The molecule has 0 aromatic heterocycles. The van der Waals surface area contributed by atoms with Gasteiger partial charge in [-0.25, -0.2) is 0 Å². The third-order valence-corrected chi connectivity index (χ3v) is 3.73. The van der Waals surface area contributed by atoms with Crippen LogP contribution in [0.2, 0.25) is 5.02 Å². The van der Waals surface area contributed by atoms with E-state index in [2.05, 4.69) is 12.2 Å². The lowest BCUT2D eigenvalue weighted by Gasteiger charge is -2.24. The van der Waals surface area contributed by atoms with E-state index < -0.39 is 0 Å². The van der Waals surface area contributed by atoms with E-state index >= 15 is 0 Å². The van der Waals surface area contributed by atoms with Gasteiger partial charge < -0.3 is 4.90 Å². The second kappa shape index (κ2) is 6.92. The summed E-state index contributed by atoms with van der Waals surface area (Å²) in [7, 11) is 0. The van der Waals surface area contributed by atoms with E-state index in [-0.39, 0.29) is 12.1 Å². The van der Waals surface area contributed by atoms with Crippen molar-refractivity contribution in [1.29, 1.82) is 0 Å². The Bertz CT molecular complexity index is 436. The summed E-state index contributed by atoms with van der Waals surface area (Å²) in [5, 5.41) is 3.97. The number of unbranched alkanes of at least 4 members (excludes halogenated alkanes) is 3. The zero-order valence-electron chi connectivity index (χ0n) is 11.4. The van der Waals surface area contributed by atoms with Crippen LogP contribution < -0.4 is 5.32 Å². The number of hydrogen-bond donors (Lipinski definition) is 1. The lowest BCUT2D eigenvalue weighted by atomic mass is 10.1. The number of rotatable bonds is 6. The topological polar surface area (TPSA) is 32.3 Å². The number of nitrogens with zero attached hydrogens (tertiary/aromatic N) is 1. The maximum absolute atomic E-state index is 11.9. The summed E-state index contributed by atoms with van der Waals surface area (Å²) in [5.74, 6) is 0.182. The molecule has 0 radical (unpaired) electrons. The maximum atomic E-state index is 11.9. The molecule has 2 rings (SSSR count). The molecule has 0 saturated carbocycles. The van der Waals surface area contributed by atoms with Gasteiger partial charge in [0.25, 0.3) is 0 Å². The van der Waals surface area contributed by atoms with Crippen molar-refractivity contribution < 1.29 is 4.79 Å². The summed E-state index contributed by atoms with van der Waals surface area (Å²) in [5.41, 5.74) is 1.06. The van der Waals surface area contributed by atoms with Crippen LogP contribution in [-0.2, 0) is 4.79 Å². The smallest absolute Gasteiger partial charge is 0.238 e. The van der Waals surface area contributed by atoms with Crippen LogP contribution in [0.5, 0.6) is 0 Å². The van der Waals surface area contributed by atoms with Crippen LogP contribution >= 0.6 is 11.6 Å². The van der Waals surface area contributed by atoms with Crippen molar-refractivity contribution in [3.8, 4) is 0 Å². The monoisotopic (exact) mass is 280 g/mol. The Morgan fingerprint density at radius 3 is 2.95 bits per heavy atom. The second-order valence-electron chi connectivity index (χ2n) is 4.99. The molecule has 1 aromatic rings. The van der Waals surface area contributed by atoms with E-state index in [0.29, 0.717) is 11.6 Å². The number of carbonyl (C=O) groups excluding carboxylic acids is 1. The third-order valence-electron chi connectivity index (χ3n) is 3.50. The van der Waals surface area contributed by atoms with Gasteiger partial charge in [-0.05, 0) is 24.1 Å². The molecule has 1 aromatic carbocycles. The first-order chi connectivity index (χ1) is 9.22. The zero-order valence-corrected chi connectivity index (χ0v) is 12.1. The molecule has 1 atom stereocenters. The van der Waals surface area contributed by atoms with Gasteiger partial charge in [-0.15, -0.1) is 0 Å². The molecule has 1 amide bonds. The molecule has 1 aliphatic rings. The van der Waals surface area contributed by atoms with Crippen molar-refractivity contribution in [3.63, 3.8) is 0 Å².